The summed E-state index contributed by atoms with van der Waals surface area (Å²) < 4.78 is 0. The van der Waals surface area contributed by atoms with Gasteiger partial charge in [-0.2, -0.15) is 0 Å². The molecule has 0 aromatic rings. The third kappa shape index (κ3) is 1.37. The van der Waals surface area contributed by atoms with E-state index in [0.29, 0.717) is 12.6 Å². The highest BCUT2D eigenvalue weighted by Crippen LogP contribution is 2.42. The average Bonchev–Trinajstić information content (AvgIpc) is 2.86. The van der Waals surface area contributed by atoms with E-state index in [4.69, 9.17) is 5.73 Å². The Hall–Kier alpha value is -0.120. The fourth-order valence-electron chi connectivity index (χ4n) is 2.09. The largest absolute Gasteiger partial charge is 0.394 e. The Balaban J connectivity index is 1.89. The molecule has 2 rings (SSSR count). The molecule has 3 nitrogen and oxygen atoms in total. The Morgan fingerprint density at radius 2 is 1.92 bits per heavy atom. The number of rotatable bonds is 2. The van der Waals surface area contributed by atoms with Crippen molar-refractivity contribution in [2.75, 3.05) is 19.7 Å². The molecule has 1 saturated heterocycles. The van der Waals surface area contributed by atoms with Crippen molar-refractivity contribution in [2.24, 2.45) is 5.73 Å². The van der Waals surface area contributed by atoms with Crippen LogP contribution in [0.25, 0.3) is 0 Å². The second-order valence-corrected chi connectivity index (χ2v) is 4.21. The molecule has 0 aromatic heterocycles. The van der Waals surface area contributed by atoms with Gasteiger partial charge in [-0.1, -0.05) is 0 Å². The highest BCUT2D eigenvalue weighted by molar-refractivity contribution is 5.04. The SMILES string of the molecule is NC1CCN(C2(CO)CC2)CC1. The minimum absolute atomic E-state index is 0.181. The molecule has 3 N–H and O–H groups in total. The first-order valence-electron chi connectivity index (χ1n) is 4.88. The Bertz CT molecular complexity index is 160. The van der Waals surface area contributed by atoms with Crippen molar-refractivity contribution < 1.29 is 5.11 Å². The summed E-state index contributed by atoms with van der Waals surface area (Å²) in [5, 5.41) is 9.20. The van der Waals surface area contributed by atoms with E-state index in [2.05, 4.69) is 4.90 Å². The third-order valence-electron chi connectivity index (χ3n) is 3.33. The fourth-order valence-corrected chi connectivity index (χ4v) is 2.09. The lowest BCUT2D eigenvalue weighted by Crippen LogP contribution is -2.48. The Kier molecular flexibility index (Phi) is 2.10. The van der Waals surface area contributed by atoms with Crippen molar-refractivity contribution in [1.29, 1.82) is 0 Å². The summed E-state index contributed by atoms with van der Waals surface area (Å²) in [5.74, 6) is 0. The molecule has 0 atom stereocenters. The number of hydrogen-bond donors (Lipinski definition) is 2. The lowest BCUT2D eigenvalue weighted by Gasteiger charge is -2.36. The van der Waals surface area contributed by atoms with Crippen LogP contribution in [0.2, 0.25) is 0 Å². The van der Waals surface area contributed by atoms with Gasteiger partial charge in [0.2, 0.25) is 0 Å². The van der Waals surface area contributed by atoms with E-state index >= 15 is 0 Å². The molecule has 1 heterocycles. The number of nitrogens with zero attached hydrogens (tertiary/aromatic N) is 1. The van der Waals surface area contributed by atoms with Crippen LogP contribution in [0.15, 0.2) is 0 Å². The van der Waals surface area contributed by atoms with Crippen LogP contribution < -0.4 is 5.73 Å². The van der Waals surface area contributed by atoms with Crippen molar-refractivity contribution in [3.63, 3.8) is 0 Å². The first kappa shape index (κ1) is 8.48. The van der Waals surface area contributed by atoms with Crippen LogP contribution in [-0.4, -0.2) is 41.3 Å². The van der Waals surface area contributed by atoms with E-state index < -0.39 is 0 Å². The first-order valence-corrected chi connectivity index (χ1v) is 4.88. The molecule has 0 bridgehead atoms. The Morgan fingerprint density at radius 3 is 2.33 bits per heavy atom. The molecule has 0 radical (unpaired) electrons. The number of nitrogens with two attached hydrogens (primary N) is 1. The van der Waals surface area contributed by atoms with E-state index in [0.717, 1.165) is 25.9 Å². The quantitative estimate of drug-likeness (QED) is 0.610. The van der Waals surface area contributed by atoms with Gasteiger partial charge in [0.15, 0.2) is 0 Å². The summed E-state index contributed by atoms with van der Waals surface area (Å²) in [6, 6.07) is 0.399. The van der Waals surface area contributed by atoms with Crippen LogP contribution in [0.1, 0.15) is 25.7 Å². The molecule has 1 saturated carbocycles. The van der Waals surface area contributed by atoms with Gasteiger partial charge in [0.05, 0.1) is 6.61 Å². The van der Waals surface area contributed by atoms with Gasteiger partial charge < -0.3 is 10.8 Å². The Labute approximate surface area is 73.5 Å². The summed E-state index contributed by atoms with van der Waals surface area (Å²) in [5.41, 5.74) is 5.99. The first-order chi connectivity index (χ1) is 5.77. The second-order valence-electron chi connectivity index (χ2n) is 4.21. The maximum atomic E-state index is 9.20. The van der Waals surface area contributed by atoms with E-state index in [9.17, 15) is 5.11 Å². The van der Waals surface area contributed by atoms with Crippen LogP contribution >= 0.6 is 0 Å². The minimum Gasteiger partial charge on any atom is -0.394 e. The van der Waals surface area contributed by atoms with Crippen molar-refractivity contribution in [1.82, 2.24) is 4.90 Å². The molecule has 1 aliphatic heterocycles. The predicted molar refractivity (Wildman–Crippen MR) is 47.8 cm³/mol. The van der Waals surface area contributed by atoms with Crippen molar-refractivity contribution in [3.8, 4) is 0 Å². The zero-order chi connectivity index (χ0) is 8.60. The fraction of sp³-hybridized carbons (Fsp3) is 1.00. The third-order valence-corrected chi connectivity index (χ3v) is 3.33. The maximum absolute atomic E-state index is 9.20. The number of piperidine rings is 1. The van der Waals surface area contributed by atoms with Crippen LogP contribution in [0.3, 0.4) is 0 Å². The van der Waals surface area contributed by atoms with Crippen molar-refractivity contribution >= 4 is 0 Å². The van der Waals surface area contributed by atoms with E-state index in [1.807, 2.05) is 0 Å². The zero-order valence-electron chi connectivity index (χ0n) is 7.50. The minimum atomic E-state index is 0.181. The Morgan fingerprint density at radius 1 is 1.33 bits per heavy atom. The monoisotopic (exact) mass is 170 g/mol. The molecule has 3 heteroatoms. The van der Waals surface area contributed by atoms with Gasteiger partial charge >= 0.3 is 0 Å². The van der Waals surface area contributed by atoms with E-state index in [1.54, 1.807) is 0 Å². The van der Waals surface area contributed by atoms with Crippen molar-refractivity contribution in [2.45, 2.75) is 37.3 Å². The van der Waals surface area contributed by atoms with E-state index in [-0.39, 0.29) is 5.54 Å². The summed E-state index contributed by atoms with van der Waals surface area (Å²) in [7, 11) is 0. The lowest BCUT2D eigenvalue weighted by atomic mass is 10.0. The number of aliphatic hydroxyl groups is 1. The molecular formula is C9H18N2O. The molecule has 12 heavy (non-hydrogen) atoms. The number of hydrogen-bond acceptors (Lipinski definition) is 3. The molecule has 2 fully saturated rings. The van der Waals surface area contributed by atoms with Gasteiger partial charge in [0, 0.05) is 24.7 Å². The number of likely N-dealkylation sites (tertiary alicyclic amines) is 1. The lowest BCUT2D eigenvalue weighted by molar-refractivity contribution is 0.0821. The molecule has 0 amide bonds. The van der Waals surface area contributed by atoms with Gasteiger partial charge in [0.1, 0.15) is 0 Å². The summed E-state index contributed by atoms with van der Waals surface area (Å²) in [6.45, 7) is 2.51. The van der Waals surface area contributed by atoms with Crippen molar-refractivity contribution in [3.05, 3.63) is 0 Å². The van der Waals surface area contributed by atoms with Crippen LogP contribution in [0, 0.1) is 0 Å². The summed E-state index contributed by atoms with van der Waals surface area (Å²) >= 11 is 0. The van der Waals surface area contributed by atoms with Crippen LogP contribution in [-0.2, 0) is 0 Å². The molecule has 0 unspecified atom stereocenters. The van der Waals surface area contributed by atoms with Gasteiger partial charge in [-0.3, -0.25) is 4.90 Å². The van der Waals surface area contributed by atoms with Gasteiger partial charge in [-0.15, -0.1) is 0 Å². The molecule has 2 aliphatic rings. The molecule has 0 spiro atoms. The molecule has 0 aromatic carbocycles. The normalized spacial score (nSPS) is 30.5. The highest BCUT2D eigenvalue weighted by atomic mass is 16.3. The highest BCUT2D eigenvalue weighted by Gasteiger charge is 2.47. The standard InChI is InChI=1S/C9H18N2O/c10-8-1-5-11(6-2-8)9(7-12)3-4-9/h8,12H,1-7,10H2. The molecular weight excluding hydrogens is 152 g/mol. The molecule has 1 aliphatic carbocycles. The summed E-state index contributed by atoms with van der Waals surface area (Å²) in [6.07, 6.45) is 4.56. The predicted octanol–water partition coefficient (Wildman–Crippen LogP) is -0.0656. The number of aliphatic hydroxyl groups excluding tert-OH is 1. The van der Waals surface area contributed by atoms with Crippen LogP contribution in [0.5, 0.6) is 0 Å². The van der Waals surface area contributed by atoms with Crippen LogP contribution in [0.4, 0.5) is 0 Å². The second kappa shape index (κ2) is 2.98. The topological polar surface area (TPSA) is 49.5 Å². The maximum Gasteiger partial charge on any atom is 0.0615 e. The summed E-state index contributed by atoms with van der Waals surface area (Å²) in [4.78, 5) is 2.43. The average molecular weight is 170 g/mol. The zero-order valence-corrected chi connectivity index (χ0v) is 7.50. The molecule has 70 valence electrons. The van der Waals surface area contributed by atoms with Gasteiger partial charge in [-0.25, -0.2) is 0 Å². The van der Waals surface area contributed by atoms with Gasteiger partial charge in [0.25, 0.3) is 0 Å². The van der Waals surface area contributed by atoms with Gasteiger partial charge in [-0.05, 0) is 25.7 Å². The smallest absolute Gasteiger partial charge is 0.0615 e. The van der Waals surface area contributed by atoms with E-state index in [1.165, 1.54) is 12.8 Å².